The third-order valence-electron chi connectivity index (χ3n) is 1.93. The van der Waals surface area contributed by atoms with E-state index in [9.17, 15) is 8.42 Å². The van der Waals surface area contributed by atoms with Gasteiger partial charge in [-0.05, 0) is 0 Å². The van der Waals surface area contributed by atoms with E-state index < -0.39 is 10.0 Å². The molecule has 0 bridgehead atoms. The second-order valence-electron chi connectivity index (χ2n) is 3.34. The van der Waals surface area contributed by atoms with Gasteiger partial charge in [-0.15, -0.1) is 0 Å². The first-order valence-electron chi connectivity index (χ1n) is 5.02. The Balaban J connectivity index is 2.62. The highest BCUT2D eigenvalue weighted by Gasteiger charge is 2.10. The maximum absolute atomic E-state index is 10.9. The molecule has 0 aliphatic rings. The monoisotopic (exact) mass is 276 g/mol. The first kappa shape index (κ1) is 14.4. The van der Waals surface area contributed by atoms with Gasteiger partial charge in [0.1, 0.15) is 6.33 Å². The normalized spacial score (nSPS) is 11.1. The van der Waals surface area contributed by atoms with Crippen molar-refractivity contribution in [2.24, 2.45) is 5.84 Å². The maximum Gasteiger partial charge on any atom is 0.208 e. The van der Waals surface area contributed by atoms with Crippen LogP contribution >= 0.6 is 0 Å². The summed E-state index contributed by atoms with van der Waals surface area (Å²) in [6.45, 7) is 0.585. The zero-order chi connectivity index (χ0) is 13.6. The molecule has 10 heteroatoms. The van der Waals surface area contributed by atoms with Gasteiger partial charge in [-0.2, -0.15) is 0 Å². The van der Waals surface area contributed by atoms with E-state index >= 15 is 0 Å². The lowest BCUT2D eigenvalue weighted by molar-refractivity contribution is 0.414. The number of anilines is 2. The molecule has 0 amide bonds. The molecule has 5 N–H and O–H groups in total. The molecule has 0 unspecified atom stereocenters. The number of ether oxygens (including phenoxy) is 1. The largest absolute Gasteiger partial charge is 0.490 e. The number of rotatable bonds is 7. The summed E-state index contributed by atoms with van der Waals surface area (Å²) in [6.07, 6.45) is 2.40. The summed E-state index contributed by atoms with van der Waals surface area (Å²) in [5.74, 6) is 6.39. The first-order chi connectivity index (χ1) is 8.48. The Morgan fingerprint density at radius 1 is 1.33 bits per heavy atom. The second kappa shape index (κ2) is 6.33. The lowest BCUT2D eigenvalue weighted by Crippen LogP contribution is -2.28. The number of hydrogen-bond donors (Lipinski definition) is 4. The molecule has 0 spiro atoms. The van der Waals surface area contributed by atoms with Crippen molar-refractivity contribution in [1.29, 1.82) is 0 Å². The van der Waals surface area contributed by atoms with Crippen LogP contribution in [-0.2, 0) is 10.0 Å². The molecule has 1 rings (SSSR count). The van der Waals surface area contributed by atoms with Crippen LogP contribution in [0.4, 0.5) is 11.6 Å². The molecule has 1 heterocycles. The summed E-state index contributed by atoms with van der Waals surface area (Å²) in [7, 11) is -1.74. The molecule has 0 radical (unpaired) electrons. The molecule has 102 valence electrons. The number of methoxy groups -OCH3 is 1. The fourth-order valence-corrected chi connectivity index (χ4v) is 1.69. The van der Waals surface area contributed by atoms with Gasteiger partial charge >= 0.3 is 0 Å². The lowest BCUT2D eigenvalue weighted by atomic mass is 10.4. The van der Waals surface area contributed by atoms with Gasteiger partial charge in [-0.1, -0.05) is 0 Å². The summed E-state index contributed by atoms with van der Waals surface area (Å²) in [4.78, 5) is 7.84. The van der Waals surface area contributed by atoms with Gasteiger partial charge in [0.05, 0.1) is 13.4 Å². The SMILES string of the molecule is COc1c(NN)ncnc1NCCNS(C)(=O)=O. The number of nitrogens with two attached hydrogens (primary N) is 1. The van der Waals surface area contributed by atoms with Crippen LogP contribution in [0.15, 0.2) is 6.33 Å². The maximum atomic E-state index is 10.9. The van der Waals surface area contributed by atoms with Gasteiger partial charge in [-0.25, -0.2) is 29.0 Å². The summed E-state index contributed by atoms with van der Waals surface area (Å²) in [5.41, 5.74) is 2.37. The van der Waals surface area contributed by atoms with E-state index in [2.05, 4.69) is 25.4 Å². The van der Waals surface area contributed by atoms with Crippen molar-refractivity contribution in [2.45, 2.75) is 0 Å². The molecular weight excluding hydrogens is 260 g/mol. The summed E-state index contributed by atoms with van der Waals surface area (Å²) in [6, 6.07) is 0. The van der Waals surface area contributed by atoms with Crippen molar-refractivity contribution in [3.8, 4) is 5.75 Å². The third-order valence-corrected chi connectivity index (χ3v) is 2.65. The standard InChI is InChI=1S/C8H16N6O3S/c1-17-6-7(11-5-12-8(6)14-9)10-3-4-13-18(2,15)16/h5,13H,3-4,9H2,1-2H3,(H2,10,11,12,14). The van der Waals surface area contributed by atoms with Crippen molar-refractivity contribution < 1.29 is 13.2 Å². The number of sulfonamides is 1. The zero-order valence-electron chi connectivity index (χ0n) is 10.1. The zero-order valence-corrected chi connectivity index (χ0v) is 10.9. The molecule has 0 atom stereocenters. The van der Waals surface area contributed by atoms with Crippen LogP contribution in [0.25, 0.3) is 0 Å². The number of hydrogen-bond acceptors (Lipinski definition) is 8. The van der Waals surface area contributed by atoms with Crippen LogP contribution in [0, 0.1) is 0 Å². The first-order valence-corrected chi connectivity index (χ1v) is 6.91. The second-order valence-corrected chi connectivity index (χ2v) is 5.17. The minimum atomic E-state index is -3.19. The quantitative estimate of drug-likeness (QED) is 0.275. The minimum absolute atomic E-state index is 0.234. The van der Waals surface area contributed by atoms with E-state index in [4.69, 9.17) is 10.6 Å². The van der Waals surface area contributed by atoms with Crippen LogP contribution < -0.4 is 26.0 Å². The van der Waals surface area contributed by atoms with Gasteiger partial charge in [-0.3, -0.25) is 0 Å². The fraction of sp³-hybridized carbons (Fsp3) is 0.500. The molecule has 1 aromatic rings. The Bertz CT molecular complexity index is 492. The Kier molecular flexibility index (Phi) is 5.07. The molecule has 0 aliphatic heterocycles. The van der Waals surface area contributed by atoms with Gasteiger partial charge in [0, 0.05) is 13.1 Å². The number of nitrogens with one attached hydrogen (secondary N) is 3. The molecule has 1 aromatic heterocycles. The van der Waals surface area contributed by atoms with Crippen LogP contribution in [0.3, 0.4) is 0 Å². The van der Waals surface area contributed by atoms with Gasteiger partial charge in [0.25, 0.3) is 0 Å². The van der Waals surface area contributed by atoms with Crippen LogP contribution in [0.5, 0.6) is 5.75 Å². The predicted octanol–water partition coefficient (Wildman–Crippen LogP) is -1.27. The Hall–Kier alpha value is -1.65. The third kappa shape index (κ3) is 4.31. The Morgan fingerprint density at radius 2 is 2.00 bits per heavy atom. The molecule has 9 nitrogen and oxygen atoms in total. The van der Waals surface area contributed by atoms with Gasteiger partial charge < -0.3 is 15.5 Å². The van der Waals surface area contributed by atoms with Crippen molar-refractivity contribution in [3.63, 3.8) is 0 Å². The molecule has 0 saturated heterocycles. The molecule has 0 aromatic carbocycles. The summed E-state index contributed by atoms with van der Waals surface area (Å²) in [5, 5.41) is 2.91. The van der Waals surface area contributed by atoms with E-state index in [0.717, 1.165) is 6.26 Å². The van der Waals surface area contributed by atoms with E-state index in [1.807, 2.05) is 0 Å². The lowest BCUT2D eigenvalue weighted by Gasteiger charge is -2.12. The molecule has 18 heavy (non-hydrogen) atoms. The van der Waals surface area contributed by atoms with E-state index in [0.29, 0.717) is 23.9 Å². The number of hydrazine groups is 1. The van der Waals surface area contributed by atoms with Crippen molar-refractivity contribution in [3.05, 3.63) is 6.33 Å². The smallest absolute Gasteiger partial charge is 0.208 e. The van der Waals surface area contributed by atoms with Gasteiger partial charge in [0.2, 0.25) is 15.8 Å². The summed E-state index contributed by atoms with van der Waals surface area (Å²) < 4.78 is 29.1. The van der Waals surface area contributed by atoms with Gasteiger partial charge in [0.15, 0.2) is 11.6 Å². The highest BCUT2D eigenvalue weighted by Crippen LogP contribution is 2.27. The predicted molar refractivity (Wildman–Crippen MR) is 67.7 cm³/mol. The van der Waals surface area contributed by atoms with Crippen molar-refractivity contribution in [1.82, 2.24) is 14.7 Å². The Morgan fingerprint density at radius 3 is 2.56 bits per heavy atom. The van der Waals surface area contributed by atoms with E-state index in [1.54, 1.807) is 0 Å². The topological polar surface area (TPSA) is 131 Å². The van der Waals surface area contributed by atoms with E-state index in [1.165, 1.54) is 13.4 Å². The molecular formula is C8H16N6O3S. The number of nitrogens with zero attached hydrogens (tertiary/aromatic N) is 2. The highest BCUT2D eigenvalue weighted by atomic mass is 32.2. The average Bonchev–Trinajstić information content (AvgIpc) is 2.32. The Labute approximate surface area is 105 Å². The molecule has 0 aliphatic carbocycles. The van der Waals surface area contributed by atoms with Crippen LogP contribution in [0.2, 0.25) is 0 Å². The summed E-state index contributed by atoms with van der Waals surface area (Å²) >= 11 is 0. The van der Waals surface area contributed by atoms with Crippen molar-refractivity contribution >= 4 is 21.7 Å². The van der Waals surface area contributed by atoms with Crippen LogP contribution in [0.1, 0.15) is 0 Å². The minimum Gasteiger partial charge on any atom is -0.490 e. The highest BCUT2D eigenvalue weighted by molar-refractivity contribution is 7.88. The fourth-order valence-electron chi connectivity index (χ4n) is 1.21. The molecule has 0 fully saturated rings. The number of nitrogen functional groups attached to an aromatic ring is 1. The average molecular weight is 276 g/mol. The number of aromatic nitrogens is 2. The van der Waals surface area contributed by atoms with E-state index in [-0.39, 0.29) is 6.54 Å². The molecule has 0 saturated carbocycles. The van der Waals surface area contributed by atoms with Crippen molar-refractivity contribution in [2.75, 3.05) is 37.2 Å². The van der Waals surface area contributed by atoms with Crippen LogP contribution in [-0.4, -0.2) is 44.8 Å².